The first kappa shape index (κ1) is 16.3. The molecule has 0 bridgehead atoms. The van der Waals surface area contributed by atoms with Crippen LogP contribution >= 0.6 is 0 Å². The van der Waals surface area contributed by atoms with Gasteiger partial charge in [-0.15, -0.1) is 0 Å². The first-order valence-electron chi connectivity index (χ1n) is 8.17. The number of carbonyl (C=O) groups is 2. The average molecular weight is 298 g/mol. The molecule has 0 radical (unpaired) electrons. The van der Waals surface area contributed by atoms with Gasteiger partial charge in [0, 0.05) is 6.61 Å². The maximum Gasteiger partial charge on any atom is 0.306 e. The SMILES string of the molecule is O=C(CCC(=O)OCC1CCCO1)OCC1CCCCC1. The highest BCUT2D eigenvalue weighted by atomic mass is 16.6. The highest BCUT2D eigenvalue weighted by Crippen LogP contribution is 2.23. The van der Waals surface area contributed by atoms with Gasteiger partial charge in [-0.1, -0.05) is 19.3 Å². The molecule has 5 nitrogen and oxygen atoms in total. The molecule has 0 N–H and O–H groups in total. The summed E-state index contributed by atoms with van der Waals surface area (Å²) in [6.45, 7) is 1.55. The van der Waals surface area contributed by atoms with Crippen LogP contribution in [-0.2, 0) is 23.8 Å². The van der Waals surface area contributed by atoms with Crippen LogP contribution in [0.5, 0.6) is 0 Å². The van der Waals surface area contributed by atoms with Gasteiger partial charge in [-0.25, -0.2) is 0 Å². The molecule has 0 spiro atoms. The second-order valence-corrected chi connectivity index (χ2v) is 6.01. The van der Waals surface area contributed by atoms with E-state index in [1.54, 1.807) is 0 Å². The lowest BCUT2D eigenvalue weighted by Gasteiger charge is -2.20. The van der Waals surface area contributed by atoms with Crippen molar-refractivity contribution in [3.63, 3.8) is 0 Å². The van der Waals surface area contributed by atoms with Gasteiger partial charge in [0.25, 0.3) is 0 Å². The van der Waals surface area contributed by atoms with E-state index in [1.807, 2.05) is 0 Å². The lowest BCUT2D eigenvalue weighted by molar-refractivity contribution is -0.152. The fourth-order valence-electron chi connectivity index (χ4n) is 2.87. The van der Waals surface area contributed by atoms with Crippen LogP contribution < -0.4 is 0 Å². The summed E-state index contributed by atoms with van der Waals surface area (Å²) in [7, 11) is 0. The molecule has 1 unspecified atom stereocenters. The quantitative estimate of drug-likeness (QED) is 0.676. The molecule has 1 aliphatic carbocycles. The topological polar surface area (TPSA) is 61.8 Å². The Labute approximate surface area is 126 Å². The summed E-state index contributed by atoms with van der Waals surface area (Å²) in [6.07, 6.45) is 8.26. The monoisotopic (exact) mass is 298 g/mol. The largest absolute Gasteiger partial charge is 0.465 e. The van der Waals surface area contributed by atoms with Gasteiger partial charge in [-0.3, -0.25) is 9.59 Å². The second-order valence-electron chi connectivity index (χ2n) is 6.01. The Kier molecular flexibility index (Phi) is 7.00. The van der Waals surface area contributed by atoms with Crippen molar-refractivity contribution in [3.8, 4) is 0 Å². The summed E-state index contributed by atoms with van der Waals surface area (Å²) >= 11 is 0. The van der Waals surface area contributed by atoms with Crippen molar-refractivity contribution in [1.29, 1.82) is 0 Å². The number of esters is 2. The fraction of sp³-hybridized carbons (Fsp3) is 0.875. The van der Waals surface area contributed by atoms with E-state index in [-0.39, 0.29) is 30.9 Å². The maximum absolute atomic E-state index is 11.6. The van der Waals surface area contributed by atoms with E-state index in [1.165, 1.54) is 19.3 Å². The third-order valence-electron chi connectivity index (χ3n) is 4.19. The van der Waals surface area contributed by atoms with Crippen molar-refractivity contribution < 1.29 is 23.8 Å². The Bertz CT molecular complexity index is 330. The van der Waals surface area contributed by atoms with E-state index < -0.39 is 0 Å². The average Bonchev–Trinajstić information content (AvgIpc) is 3.03. The van der Waals surface area contributed by atoms with E-state index in [2.05, 4.69) is 0 Å². The van der Waals surface area contributed by atoms with Crippen molar-refractivity contribution in [2.24, 2.45) is 5.92 Å². The Morgan fingerprint density at radius 1 is 0.857 bits per heavy atom. The minimum absolute atomic E-state index is 0.0344. The van der Waals surface area contributed by atoms with E-state index in [4.69, 9.17) is 14.2 Å². The van der Waals surface area contributed by atoms with Gasteiger partial charge in [0.1, 0.15) is 6.61 Å². The van der Waals surface area contributed by atoms with Gasteiger partial charge in [-0.05, 0) is 31.6 Å². The van der Waals surface area contributed by atoms with Crippen LogP contribution in [0.2, 0.25) is 0 Å². The summed E-state index contributed by atoms with van der Waals surface area (Å²) in [4.78, 5) is 23.1. The molecule has 1 saturated heterocycles. The van der Waals surface area contributed by atoms with Crippen molar-refractivity contribution in [2.45, 2.75) is 63.9 Å². The summed E-state index contributed by atoms with van der Waals surface area (Å²) < 4.78 is 15.7. The molecule has 1 aliphatic heterocycles. The Morgan fingerprint density at radius 2 is 1.52 bits per heavy atom. The molecule has 0 aromatic carbocycles. The van der Waals surface area contributed by atoms with Gasteiger partial charge >= 0.3 is 11.9 Å². The first-order chi connectivity index (χ1) is 10.2. The maximum atomic E-state index is 11.6. The molecule has 1 atom stereocenters. The predicted molar refractivity (Wildman–Crippen MR) is 76.7 cm³/mol. The van der Waals surface area contributed by atoms with Crippen LogP contribution in [0.15, 0.2) is 0 Å². The lowest BCUT2D eigenvalue weighted by atomic mass is 9.90. The molecule has 1 saturated carbocycles. The van der Waals surface area contributed by atoms with Crippen LogP contribution in [0.4, 0.5) is 0 Å². The molecule has 21 heavy (non-hydrogen) atoms. The van der Waals surface area contributed by atoms with Gasteiger partial charge in [-0.2, -0.15) is 0 Å². The van der Waals surface area contributed by atoms with Gasteiger partial charge in [0.05, 0.1) is 25.6 Å². The van der Waals surface area contributed by atoms with Crippen LogP contribution in [-0.4, -0.2) is 37.9 Å². The lowest BCUT2D eigenvalue weighted by Crippen LogP contribution is -2.19. The van der Waals surface area contributed by atoms with Crippen molar-refractivity contribution in [2.75, 3.05) is 19.8 Å². The van der Waals surface area contributed by atoms with Crippen molar-refractivity contribution >= 4 is 11.9 Å². The highest BCUT2D eigenvalue weighted by molar-refractivity contribution is 5.77. The molecule has 2 rings (SSSR count). The molecule has 2 fully saturated rings. The summed E-state index contributed by atoms with van der Waals surface area (Å²) in [5.74, 6) is -0.135. The summed E-state index contributed by atoms with van der Waals surface area (Å²) in [6, 6.07) is 0. The van der Waals surface area contributed by atoms with Gasteiger partial charge in [0.15, 0.2) is 0 Å². The molecule has 0 amide bonds. The molecular formula is C16H26O5. The molecule has 1 heterocycles. The summed E-state index contributed by atoms with van der Waals surface area (Å²) in [5.41, 5.74) is 0. The van der Waals surface area contributed by atoms with Crippen LogP contribution in [0, 0.1) is 5.92 Å². The Morgan fingerprint density at radius 3 is 2.14 bits per heavy atom. The zero-order valence-electron chi connectivity index (χ0n) is 12.7. The smallest absolute Gasteiger partial charge is 0.306 e. The zero-order valence-corrected chi connectivity index (χ0v) is 12.7. The highest BCUT2D eigenvalue weighted by Gasteiger charge is 2.19. The number of hydrogen-bond donors (Lipinski definition) is 0. The van der Waals surface area contributed by atoms with Crippen LogP contribution in [0.3, 0.4) is 0 Å². The van der Waals surface area contributed by atoms with Crippen LogP contribution in [0.1, 0.15) is 57.8 Å². The van der Waals surface area contributed by atoms with Crippen molar-refractivity contribution in [3.05, 3.63) is 0 Å². The van der Waals surface area contributed by atoms with Gasteiger partial charge in [0.2, 0.25) is 0 Å². The molecule has 120 valence electrons. The Hall–Kier alpha value is -1.10. The first-order valence-corrected chi connectivity index (χ1v) is 8.17. The third kappa shape index (κ3) is 6.46. The molecule has 2 aliphatic rings. The number of rotatable bonds is 7. The second kappa shape index (κ2) is 9.03. The minimum atomic E-state index is -0.347. The molecule has 5 heteroatoms. The summed E-state index contributed by atoms with van der Waals surface area (Å²) in [5, 5.41) is 0. The number of carbonyl (C=O) groups excluding carboxylic acids is 2. The number of ether oxygens (including phenoxy) is 3. The predicted octanol–water partition coefficient (Wildman–Crippen LogP) is 2.61. The fourth-order valence-corrected chi connectivity index (χ4v) is 2.87. The molecular weight excluding hydrogens is 272 g/mol. The third-order valence-corrected chi connectivity index (χ3v) is 4.19. The van der Waals surface area contributed by atoms with E-state index in [0.717, 1.165) is 32.3 Å². The standard InChI is InChI=1S/C16H26O5/c17-15(20-11-13-5-2-1-3-6-13)8-9-16(18)21-12-14-7-4-10-19-14/h13-14H,1-12H2. The van der Waals surface area contributed by atoms with E-state index in [9.17, 15) is 9.59 Å². The molecule has 0 aromatic heterocycles. The Balaban J connectivity index is 1.50. The van der Waals surface area contributed by atoms with Crippen LogP contribution in [0.25, 0.3) is 0 Å². The van der Waals surface area contributed by atoms with Crippen molar-refractivity contribution in [1.82, 2.24) is 0 Å². The van der Waals surface area contributed by atoms with E-state index >= 15 is 0 Å². The van der Waals surface area contributed by atoms with Gasteiger partial charge < -0.3 is 14.2 Å². The zero-order chi connectivity index (χ0) is 14.9. The molecule has 0 aromatic rings. The number of hydrogen-bond acceptors (Lipinski definition) is 5. The minimum Gasteiger partial charge on any atom is -0.465 e. The van der Waals surface area contributed by atoms with E-state index in [0.29, 0.717) is 19.1 Å². The normalized spacial score (nSPS) is 23.0.